The molecule has 2 aromatic carbocycles. The van der Waals surface area contributed by atoms with Gasteiger partial charge in [0, 0.05) is 68.8 Å². The number of piperidine rings is 2. The lowest BCUT2D eigenvalue weighted by Gasteiger charge is -2.50. The first-order valence-electron chi connectivity index (χ1n) is 16.0. The fourth-order valence-corrected chi connectivity index (χ4v) is 7.17. The van der Waals surface area contributed by atoms with Gasteiger partial charge in [-0.3, -0.25) is 9.69 Å². The first-order chi connectivity index (χ1) is 20.9. The molecule has 0 saturated carbocycles. The fourth-order valence-electron chi connectivity index (χ4n) is 7.17. The van der Waals surface area contributed by atoms with Gasteiger partial charge in [0.1, 0.15) is 6.33 Å². The van der Waals surface area contributed by atoms with Crippen molar-refractivity contribution in [3.05, 3.63) is 83.4 Å². The molecule has 0 atom stereocenters. The number of nitrogens with zero attached hydrogens (tertiary/aromatic N) is 6. The summed E-state index contributed by atoms with van der Waals surface area (Å²) in [4.78, 5) is 31.7. The summed E-state index contributed by atoms with van der Waals surface area (Å²) in [6.07, 6.45) is 5.80. The minimum absolute atomic E-state index is 0.0764. The van der Waals surface area contributed by atoms with Gasteiger partial charge in [-0.2, -0.15) is 0 Å². The molecule has 228 valence electrons. The predicted octanol–water partition coefficient (Wildman–Crippen LogP) is 5.10. The van der Waals surface area contributed by atoms with Gasteiger partial charge in [0.2, 0.25) is 0 Å². The number of amides is 1. The van der Waals surface area contributed by atoms with E-state index in [2.05, 4.69) is 86.2 Å². The Morgan fingerprint density at radius 2 is 1.51 bits per heavy atom. The third-order valence-corrected chi connectivity index (χ3v) is 9.99. The number of carbonyl (C=O) groups is 1. The number of anilines is 2. The van der Waals surface area contributed by atoms with Crippen molar-refractivity contribution in [2.75, 3.05) is 62.3 Å². The third kappa shape index (κ3) is 6.55. The van der Waals surface area contributed by atoms with Crippen molar-refractivity contribution in [1.29, 1.82) is 0 Å². The number of ether oxygens (including phenoxy) is 1. The van der Waals surface area contributed by atoms with E-state index in [9.17, 15) is 4.79 Å². The van der Waals surface area contributed by atoms with Gasteiger partial charge in [-0.05, 0) is 76.3 Å². The molecule has 1 amide bonds. The van der Waals surface area contributed by atoms with Crippen molar-refractivity contribution in [3.8, 4) is 0 Å². The van der Waals surface area contributed by atoms with E-state index in [0.717, 1.165) is 96.1 Å². The first kappa shape index (κ1) is 29.6. The lowest BCUT2D eigenvalue weighted by Crippen LogP contribution is -2.58. The summed E-state index contributed by atoms with van der Waals surface area (Å²) >= 11 is 0. The van der Waals surface area contributed by atoms with Crippen molar-refractivity contribution in [2.24, 2.45) is 0 Å². The molecule has 8 heteroatoms. The van der Waals surface area contributed by atoms with E-state index in [1.165, 1.54) is 16.9 Å². The maximum Gasteiger partial charge on any atom is 0.257 e. The number of aromatic nitrogens is 2. The molecule has 0 N–H and O–H groups in total. The van der Waals surface area contributed by atoms with Crippen molar-refractivity contribution in [1.82, 2.24) is 19.8 Å². The summed E-state index contributed by atoms with van der Waals surface area (Å²) in [5, 5.41) is 0. The van der Waals surface area contributed by atoms with E-state index in [-0.39, 0.29) is 11.4 Å². The van der Waals surface area contributed by atoms with E-state index in [0.29, 0.717) is 11.6 Å². The monoisotopic (exact) mass is 582 g/mol. The van der Waals surface area contributed by atoms with Crippen LogP contribution in [0.25, 0.3) is 0 Å². The fraction of sp³-hybridized carbons (Fsp3) is 0.514. The largest absolute Gasteiger partial charge is 0.378 e. The summed E-state index contributed by atoms with van der Waals surface area (Å²) in [7, 11) is 0. The minimum Gasteiger partial charge on any atom is -0.378 e. The Balaban J connectivity index is 1.10. The molecular formula is C35H46N6O2. The smallest absolute Gasteiger partial charge is 0.257 e. The average Bonchev–Trinajstić information content (AvgIpc) is 3.05. The van der Waals surface area contributed by atoms with E-state index in [1.54, 1.807) is 6.33 Å². The molecule has 8 nitrogen and oxygen atoms in total. The predicted molar refractivity (Wildman–Crippen MR) is 172 cm³/mol. The standard InChI is InChI=1S/C35H46N6O2/c1-27-33(28(2)37-26-36-27)34(42)39-19-15-35(3,16-20-39)40-17-13-32(14-18-40)41(25-29-7-5-4-6-8-29)31-11-9-30(10-12-31)38-21-23-43-24-22-38/h4-12,26,32H,13-25H2,1-3H3. The highest BCUT2D eigenvalue weighted by molar-refractivity contribution is 5.96. The van der Waals surface area contributed by atoms with Crippen molar-refractivity contribution in [3.63, 3.8) is 0 Å². The van der Waals surface area contributed by atoms with Gasteiger partial charge >= 0.3 is 0 Å². The molecule has 0 radical (unpaired) electrons. The molecule has 0 unspecified atom stereocenters. The SMILES string of the molecule is Cc1ncnc(C)c1C(=O)N1CCC(C)(N2CCC(N(Cc3ccccc3)c3ccc(N4CCOCC4)cc3)CC2)CC1. The Labute approximate surface area is 256 Å². The molecule has 43 heavy (non-hydrogen) atoms. The Kier molecular flexibility index (Phi) is 8.96. The van der Waals surface area contributed by atoms with Gasteiger partial charge in [0.15, 0.2) is 0 Å². The van der Waals surface area contributed by atoms with Crippen LogP contribution in [-0.2, 0) is 11.3 Å². The number of benzene rings is 2. The minimum atomic E-state index is 0.0764. The Morgan fingerprint density at radius 3 is 2.14 bits per heavy atom. The number of carbonyl (C=O) groups excluding carboxylic acids is 1. The average molecular weight is 583 g/mol. The number of hydrogen-bond acceptors (Lipinski definition) is 7. The molecule has 0 aliphatic carbocycles. The topological polar surface area (TPSA) is 65.0 Å². The van der Waals surface area contributed by atoms with Crippen LogP contribution in [0, 0.1) is 13.8 Å². The zero-order chi connectivity index (χ0) is 29.8. The molecule has 0 bridgehead atoms. The highest BCUT2D eigenvalue weighted by Crippen LogP contribution is 2.35. The molecule has 3 aromatic rings. The van der Waals surface area contributed by atoms with Gasteiger partial charge in [0.05, 0.1) is 30.2 Å². The van der Waals surface area contributed by atoms with Crippen LogP contribution >= 0.6 is 0 Å². The number of morpholine rings is 1. The third-order valence-electron chi connectivity index (χ3n) is 9.99. The lowest BCUT2D eigenvalue weighted by molar-refractivity contribution is 0.0170. The number of rotatable bonds is 7. The maximum atomic E-state index is 13.4. The maximum absolute atomic E-state index is 13.4. The second-order valence-corrected chi connectivity index (χ2v) is 12.7. The van der Waals surface area contributed by atoms with Crippen molar-refractivity contribution in [2.45, 2.75) is 64.6 Å². The molecule has 1 aromatic heterocycles. The molecular weight excluding hydrogens is 536 g/mol. The summed E-state index contributed by atoms with van der Waals surface area (Å²) in [6, 6.07) is 20.6. The zero-order valence-corrected chi connectivity index (χ0v) is 26.0. The van der Waals surface area contributed by atoms with Crippen LogP contribution < -0.4 is 9.80 Å². The van der Waals surface area contributed by atoms with E-state index in [1.807, 2.05) is 18.7 Å². The Bertz CT molecular complexity index is 1340. The summed E-state index contributed by atoms with van der Waals surface area (Å²) < 4.78 is 5.56. The molecule has 4 heterocycles. The molecule has 3 fully saturated rings. The highest BCUT2D eigenvalue weighted by Gasteiger charge is 2.39. The molecule has 3 saturated heterocycles. The van der Waals surface area contributed by atoms with Gasteiger partial charge in [-0.15, -0.1) is 0 Å². The van der Waals surface area contributed by atoms with Gasteiger partial charge < -0.3 is 19.4 Å². The van der Waals surface area contributed by atoms with Crippen LogP contribution in [0.3, 0.4) is 0 Å². The molecule has 3 aliphatic rings. The molecule has 0 spiro atoms. The van der Waals surface area contributed by atoms with E-state index >= 15 is 0 Å². The Morgan fingerprint density at radius 1 is 0.884 bits per heavy atom. The summed E-state index contributed by atoms with van der Waals surface area (Å²) in [5.74, 6) is 0.0764. The van der Waals surface area contributed by atoms with Gasteiger partial charge in [-0.25, -0.2) is 9.97 Å². The number of aryl methyl sites for hydroxylation is 2. The van der Waals surface area contributed by atoms with E-state index in [4.69, 9.17) is 4.74 Å². The summed E-state index contributed by atoms with van der Waals surface area (Å²) in [5.41, 5.74) is 6.25. The Hall–Kier alpha value is -3.49. The second-order valence-electron chi connectivity index (χ2n) is 12.7. The van der Waals surface area contributed by atoms with Crippen LogP contribution in [-0.4, -0.2) is 89.7 Å². The number of likely N-dealkylation sites (tertiary alicyclic amines) is 2. The van der Waals surface area contributed by atoms with Crippen LogP contribution in [0.15, 0.2) is 60.9 Å². The van der Waals surface area contributed by atoms with Crippen molar-refractivity contribution < 1.29 is 9.53 Å². The molecule has 3 aliphatic heterocycles. The van der Waals surface area contributed by atoms with Crippen LogP contribution in [0.2, 0.25) is 0 Å². The second kappa shape index (κ2) is 13.0. The lowest BCUT2D eigenvalue weighted by atomic mass is 9.85. The highest BCUT2D eigenvalue weighted by atomic mass is 16.5. The normalized spacial score (nSPS) is 19.8. The van der Waals surface area contributed by atoms with Gasteiger partial charge in [-0.1, -0.05) is 30.3 Å². The first-order valence-corrected chi connectivity index (χ1v) is 16.0. The number of hydrogen-bond donors (Lipinski definition) is 0. The van der Waals surface area contributed by atoms with Crippen LogP contribution in [0.4, 0.5) is 11.4 Å². The van der Waals surface area contributed by atoms with Crippen LogP contribution in [0.5, 0.6) is 0 Å². The van der Waals surface area contributed by atoms with E-state index < -0.39 is 0 Å². The summed E-state index contributed by atoms with van der Waals surface area (Å²) in [6.45, 7) is 14.4. The van der Waals surface area contributed by atoms with Gasteiger partial charge in [0.25, 0.3) is 5.91 Å². The quantitative estimate of drug-likeness (QED) is 0.384. The zero-order valence-electron chi connectivity index (χ0n) is 26.0. The van der Waals surface area contributed by atoms with Crippen LogP contribution in [0.1, 0.15) is 59.9 Å². The van der Waals surface area contributed by atoms with Crippen molar-refractivity contribution >= 4 is 17.3 Å². The molecule has 6 rings (SSSR count).